The van der Waals surface area contributed by atoms with Crippen LogP contribution in [0.3, 0.4) is 0 Å². The van der Waals surface area contributed by atoms with Crippen LogP contribution in [-0.2, 0) is 19.1 Å². The zero-order valence-electron chi connectivity index (χ0n) is 20.2. The number of anilines is 1. The second kappa shape index (κ2) is 9.80. The molecule has 0 saturated carbocycles. The van der Waals surface area contributed by atoms with Crippen molar-refractivity contribution in [2.75, 3.05) is 19.1 Å². The molecule has 1 unspecified atom stereocenters. The molecule has 1 atom stereocenters. The number of hydrogen-bond acceptors (Lipinski definition) is 9. The number of aromatic nitrogens is 1. The van der Waals surface area contributed by atoms with Crippen LogP contribution in [0.2, 0.25) is 0 Å². The molecule has 1 aromatic heterocycles. The van der Waals surface area contributed by atoms with Gasteiger partial charge in [-0.2, -0.15) is 5.26 Å². The second-order valence-electron chi connectivity index (χ2n) is 8.04. The number of allylic oxidation sites excluding steroid dienone is 1. The number of esters is 2. The van der Waals surface area contributed by atoms with E-state index < -0.39 is 17.9 Å². The Labute approximate surface area is 208 Å². The van der Waals surface area contributed by atoms with E-state index in [-0.39, 0.29) is 22.7 Å². The lowest BCUT2D eigenvalue weighted by atomic mass is 9.81. The zero-order chi connectivity index (χ0) is 26.0. The summed E-state index contributed by atoms with van der Waals surface area (Å²) in [6.07, 6.45) is 0. The van der Waals surface area contributed by atoms with Crippen molar-refractivity contribution < 1.29 is 23.5 Å². The minimum absolute atomic E-state index is 0.00466. The van der Waals surface area contributed by atoms with E-state index in [1.807, 2.05) is 13.8 Å². The predicted molar refractivity (Wildman–Crippen MR) is 131 cm³/mol. The van der Waals surface area contributed by atoms with Crippen LogP contribution >= 0.6 is 0 Å². The maximum absolute atomic E-state index is 13.1. The van der Waals surface area contributed by atoms with Crippen LogP contribution in [-0.4, -0.2) is 31.1 Å². The molecule has 0 spiro atoms. The van der Waals surface area contributed by atoms with Crippen molar-refractivity contribution in [2.24, 2.45) is 5.73 Å². The summed E-state index contributed by atoms with van der Waals surface area (Å²) in [6.45, 7) is 3.68. The normalized spacial score (nSPS) is 15.5. The van der Waals surface area contributed by atoms with Gasteiger partial charge < -0.3 is 19.6 Å². The molecule has 3 aromatic rings. The van der Waals surface area contributed by atoms with Gasteiger partial charge in [0.15, 0.2) is 0 Å². The number of oxazole rings is 1. The van der Waals surface area contributed by atoms with E-state index in [0.29, 0.717) is 28.5 Å². The van der Waals surface area contributed by atoms with E-state index in [0.717, 1.165) is 5.69 Å². The molecule has 0 radical (unpaired) electrons. The first kappa shape index (κ1) is 24.3. The molecular formula is C27H24N4O5. The number of carbonyl (C=O) groups excluding carboxylic acids is 2. The van der Waals surface area contributed by atoms with Gasteiger partial charge in [-0.25, -0.2) is 14.6 Å². The highest BCUT2D eigenvalue weighted by molar-refractivity contribution is 6.06. The smallest absolute Gasteiger partial charge is 0.355 e. The largest absolute Gasteiger partial charge is 0.466 e. The Hall–Kier alpha value is -4.84. The molecular weight excluding hydrogens is 460 g/mol. The van der Waals surface area contributed by atoms with Gasteiger partial charge >= 0.3 is 11.9 Å². The van der Waals surface area contributed by atoms with E-state index in [2.05, 4.69) is 11.1 Å². The monoisotopic (exact) mass is 484 g/mol. The summed E-state index contributed by atoms with van der Waals surface area (Å²) in [7, 11) is 2.41. The Balaban J connectivity index is 1.94. The second-order valence-corrected chi connectivity index (χ2v) is 8.04. The molecule has 0 amide bonds. The predicted octanol–water partition coefficient (Wildman–Crippen LogP) is 3.86. The maximum atomic E-state index is 13.1. The van der Waals surface area contributed by atoms with Crippen molar-refractivity contribution in [3.63, 3.8) is 0 Å². The molecule has 9 nitrogen and oxygen atoms in total. The Morgan fingerprint density at radius 3 is 2.19 bits per heavy atom. The van der Waals surface area contributed by atoms with Crippen LogP contribution in [0.15, 0.2) is 81.7 Å². The van der Waals surface area contributed by atoms with E-state index in [1.54, 1.807) is 54.6 Å². The van der Waals surface area contributed by atoms with Crippen molar-refractivity contribution in [3.05, 3.63) is 94.3 Å². The average Bonchev–Trinajstić information content (AvgIpc) is 3.25. The molecule has 2 N–H and O–H groups in total. The van der Waals surface area contributed by atoms with Gasteiger partial charge in [0, 0.05) is 11.3 Å². The Bertz CT molecular complexity index is 1410. The van der Waals surface area contributed by atoms with Gasteiger partial charge in [0.1, 0.15) is 17.3 Å². The molecule has 0 fully saturated rings. The van der Waals surface area contributed by atoms with Crippen molar-refractivity contribution in [1.29, 1.82) is 5.26 Å². The summed E-state index contributed by atoms with van der Waals surface area (Å²) >= 11 is 0. The fraction of sp³-hybridized carbons (Fsp3) is 0.185. The number of aryl methyl sites for hydroxylation is 2. The van der Waals surface area contributed by atoms with Crippen LogP contribution in [0.1, 0.15) is 22.9 Å². The van der Waals surface area contributed by atoms with E-state index in [9.17, 15) is 14.9 Å². The Morgan fingerprint density at radius 2 is 1.67 bits per heavy atom. The average molecular weight is 485 g/mol. The van der Waals surface area contributed by atoms with Crippen LogP contribution in [0.25, 0.3) is 11.5 Å². The third kappa shape index (κ3) is 4.09. The summed E-state index contributed by atoms with van der Waals surface area (Å²) in [4.78, 5) is 32.0. The number of nitrogens with two attached hydrogens (primary N) is 1. The molecule has 0 bridgehead atoms. The van der Waals surface area contributed by atoms with Gasteiger partial charge in [0.2, 0.25) is 5.89 Å². The third-order valence-corrected chi connectivity index (χ3v) is 6.01. The van der Waals surface area contributed by atoms with Crippen molar-refractivity contribution in [2.45, 2.75) is 19.8 Å². The van der Waals surface area contributed by atoms with Crippen LogP contribution in [0.5, 0.6) is 0 Å². The summed E-state index contributed by atoms with van der Waals surface area (Å²) in [5.41, 5.74) is 8.93. The molecule has 2 aromatic carbocycles. The van der Waals surface area contributed by atoms with Crippen LogP contribution < -0.4 is 10.6 Å². The Morgan fingerprint density at radius 1 is 1.03 bits per heavy atom. The summed E-state index contributed by atoms with van der Waals surface area (Å²) < 4.78 is 15.8. The number of ether oxygens (including phenoxy) is 2. The number of nitrogens with zero attached hydrogens (tertiary/aromatic N) is 3. The number of benzene rings is 2. The summed E-state index contributed by atoms with van der Waals surface area (Å²) in [5.74, 6) is -1.36. The molecule has 0 saturated heterocycles. The molecule has 2 heterocycles. The van der Waals surface area contributed by atoms with E-state index >= 15 is 0 Å². The standard InChI is InChI=1S/C27H24N4O5/c1-15-16(2)36-25(30-15)18-10-12-19(13-11-18)31-23(27(33)35-4)22(26(32)34-3)21(20(14-28)24(31)29)17-8-6-5-7-9-17/h5-13,21H,29H2,1-4H3. The first-order valence-electron chi connectivity index (χ1n) is 11.0. The lowest BCUT2D eigenvalue weighted by Crippen LogP contribution is -2.40. The van der Waals surface area contributed by atoms with Crippen molar-refractivity contribution >= 4 is 17.6 Å². The Kier molecular flexibility index (Phi) is 6.61. The first-order valence-corrected chi connectivity index (χ1v) is 11.0. The van der Waals surface area contributed by atoms with Gasteiger partial charge in [0.05, 0.1) is 43.0 Å². The lowest BCUT2D eigenvalue weighted by molar-refractivity contribution is -0.139. The van der Waals surface area contributed by atoms with Gasteiger partial charge in [-0.3, -0.25) is 4.90 Å². The highest BCUT2D eigenvalue weighted by Crippen LogP contribution is 2.43. The third-order valence-electron chi connectivity index (χ3n) is 6.01. The molecule has 9 heteroatoms. The molecule has 4 rings (SSSR count). The number of rotatable bonds is 5. The lowest BCUT2D eigenvalue weighted by Gasteiger charge is -2.35. The molecule has 182 valence electrons. The fourth-order valence-corrected chi connectivity index (χ4v) is 4.13. The van der Waals surface area contributed by atoms with Gasteiger partial charge in [0.25, 0.3) is 0 Å². The summed E-state index contributed by atoms with van der Waals surface area (Å²) in [6, 6.07) is 17.8. The van der Waals surface area contributed by atoms with Gasteiger partial charge in [-0.1, -0.05) is 30.3 Å². The quantitative estimate of drug-likeness (QED) is 0.536. The molecule has 1 aliphatic heterocycles. The number of hydrogen-bond donors (Lipinski definition) is 1. The molecule has 1 aliphatic rings. The van der Waals surface area contributed by atoms with Crippen molar-refractivity contribution in [3.8, 4) is 17.5 Å². The first-order chi connectivity index (χ1) is 17.3. The van der Waals surface area contributed by atoms with E-state index in [1.165, 1.54) is 19.1 Å². The zero-order valence-corrected chi connectivity index (χ0v) is 20.2. The fourth-order valence-electron chi connectivity index (χ4n) is 4.13. The van der Waals surface area contributed by atoms with Gasteiger partial charge in [-0.05, 0) is 43.7 Å². The minimum Gasteiger partial charge on any atom is -0.466 e. The maximum Gasteiger partial charge on any atom is 0.355 e. The number of carbonyl (C=O) groups is 2. The molecule has 0 aliphatic carbocycles. The topological polar surface area (TPSA) is 132 Å². The van der Waals surface area contributed by atoms with Gasteiger partial charge in [-0.15, -0.1) is 0 Å². The number of nitriles is 1. The summed E-state index contributed by atoms with van der Waals surface area (Å²) in [5, 5.41) is 10.1. The SMILES string of the molecule is COC(=O)C1=C(C(=O)OC)N(c2ccc(-c3nc(C)c(C)o3)cc2)C(N)=C(C#N)C1c1ccccc1. The van der Waals surface area contributed by atoms with E-state index in [4.69, 9.17) is 19.6 Å². The molecule has 36 heavy (non-hydrogen) atoms. The van der Waals surface area contributed by atoms with Crippen LogP contribution in [0.4, 0.5) is 5.69 Å². The highest BCUT2D eigenvalue weighted by atomic mass is 16.5. The van der Waals surface area contributed by atoms with Crippen molar-refractivity contribution in [1.82, 2.24) is 4.98 Å². The number of methoxy groups -OCH3 is 2. The minimum atomic E-state index is -0.924. The highest BCUT2D eigenvalue weighted by Gasteiger charge is 2.42. The van der Waals surface area contributed by atoms with Crippen LogP contribution in [0, 0.1) is 25.2 Å².